The van der Waals surface area contributed by atoms with Crippen LogP contribution in [-0.4, -0.2) is 10.9 Å². The van der Waals surface area contributed by atoms with E-state index < -0.39 is 28.4 Å². The Balaban J connectivity index is 2.34. The molecule has 6 heteroatoms. The highest BCUT2D eigenvalue weighted by atomic mass is 16.5. The van der Waals surface area contributed by atoms with Crippen LogP contribution in [0.25, 0.3) is 11.2 Å². The highest BCUT2D eigenvalue weighted by Gasteiger charge is 2.23. The Morgan fingerprint density at radius 1 is 1.09 bits per heavy atom. The SMILES string of the molecule is Cc1oc2oc(=O)cc(O)c2c(=O)c1C(=O)c1ccccc1. The first-order valence-corrected chi connectivity index (χ1v) is 6.39. The molecule has 3 aromatic rings. The summed E-state index contributed by atoms with van der Waals surface area (Å²) < 4.78 is 9.98. The maximum Gasteiger partial charge on any atom is 0.342 e. The lowest BCUT2D eigenvalue weighted by Crippen LogP contribution is -2.19. The van der Waals surface area contributed by atoms with Crippen LogP contribution in [0.3, 0.4) is 0 Å². The van der Waals surface area contributed by atoms with E-state index in [0.29, 0.717) is 5.56 Å². The molecule has 0 aliphatic carbocycles. The van der Waals surface area contributed by atoms with Crippen LogP contribution in [0.5, 0.6) is 5.75 Å². The van der Waals surface area contributed by atoms with Crippen LogP contribution in [0.1, 0.15) is 21.7 Å². The van der Waals surface area contributed by atoms with Gasteiger partial charge in [0, 0.05) is 5.56 Å². The first-order valence-electron chi connectivity index (χ1n) is 6.39. The zero-order chi connectivity index (χ0) is 15.9. The summed E-state index contributed by atoms with van der Waals surface area (Å²) in [5.41, 5.74) is -1.49. The lowest BCUT2D eigenvalue weighted by Gasteiger charge is -2.05. The Hall–Kier alpha value is -3.15. The average molecular weight is 298 g/mol. The van der Waals surface area contributed by atoms with Crippen molar-refractivity contribution in [3.05, 3.63) is 73.9 Å². The molecule has 0 saturated carbocycles. The third kappa shape index (κ3) is 2.10. The molecule has 22 heavy (non-hydrogen) atoms. The highest BCUT2D eigenvalue weighted by Crippen LogP contribution is 2.22. The zero-order valence-corrected chi connectivity index (χ0v) is 11.5. The highest BCUT2D eigenvalue weighted by molar-refractivity contribution is 6.10. The molecule has 1 N–H and O–H groups in total. The van der Waals surface area contributed by atoms with E-state index in [9.17, 15) is 19.5 Å². The van der Waals surface area contributed by atoms with Gasteiger partial charge in [0.25, 0.3) is 0 Å². The van der Waals surface area contributed by atoms with Crippen molar-refractivity contribution in [2.24, 2.45) is 0 Å². The zero-order valence-electron chi connectivity index (χ0n) is 11.5. The van der Waals surface area contributed by atoms with Crippen molar-refractivity contribution in [1.82, 2.24) is 0 Å². The number of hydrogen-bond acceptors (Lipinski definition) is 6. The van der Waals surface area contributed by atoms with Gasteiger partial charge in [-0.3, -0.25) is 9.59 Å². The predicted octanol–water partition coefficient (Wildman–Crippen LogP) is 1.99. The quantitative estimate of drug-likeness (QED) is 0.726. The lowest BCUT2D eigenvalue weighted by atomic mass is 10.0. The Labute approximate surface area is 123 Å². The summed E-state index contributed by atoms with van der Waals surface area (Å²) in [4.78, 5) is 36.2. The van der Waals surface area contributed by atoms with Crippen molar-refractivity contribution in [2.45, 2.75) is 6.92 Å². The van der Waals surface area contributed by atoms with Gasteiger partial charge >= 0.3 is 11.4 Å². The van der Waals surface area contributed by atoms with Crippen molar-refractivity contribution in [1.29, 1.82) is 0 Å². The summed E-state index contributed by atoms with van der Waals surface area (Å²) in [7, 11) is 0. The normalized spacial score (nSPS) is 10.8. The summed E-state index contributed by atoms with van der Waals surface area (Å²) in [5, 5.41) is 9.44. The molecule has 0 unspecified atom stereocenters. The van der Waals surface area contributed by atoms with Crippen molar-refractivity contribution in [3.63, 3.8) is 0 Å². The van der Waals surface area contributed by atoms with E-state index in [2.05, 4.69) is 0 Å². The standard InChI is InChI=1S/C16H10O6/c1-8-12(14(19)9-5-3-2-4-6-9)15(20)13-10(17)7-11(18)22-16(13)21-8/h2-7,17H,1H3. The second-order valence-corrected chi connectivity index (χ2v) is 4.67. The van der Waals surface area contributed by atoms with Crippen LogP contribution in [0.15, 0.2) is 54.8 Å². The number of aryl methyl sites for hydroxylation is 1. The molecule has 0 fully saturated rings. The molecule has 0 radical (unpaired) electrons. The molecule has 0 saturated heterocycles. The minimum atomic E-state index is -0.852. The molecule has 0 amide bonds. The van der Waals surface area contributed by atoms with Gasteiger partial charge in [-0.2, -0.15) is 0 Å². The number of aromatic hydroxyl groups is 1. The number of rotatable bonds is 2. The fourth-order valence-corrected chi connectivity index (χ4v) is 2.21. The first kappa shape index (κ1) is 13.8. The smallest absolute Gasteiger partial charge is 0.342 e. The number of fused-ring (bicyclic) bond motifs is 1. The average Bonchev–Trinajstić information content (AvgIpc) is 2.46. The van der Waals surface area contributed by atoms with Gasteiger partial charge in [-0.25, -0.2) is 4.79 Å². The van der Waals surface area contributed by atoms with E-state index in [1.807, 2.05) is 0 Å². The van der Waals surface area contributed by atoms with Gasteiger partial charge in [-0.05, 0) is 6.92 Å². The van der Waals surface area contributed by atoms with E-state index in [1.54, 1.807) is 30.3 Å². The van der Waals surface area contributed by atoms with Crippen molar-refractivity contribution < 1.29 is 18.7 Å². The molecule has 0 atom stereocenters. The molecule has 0 aliphatic rings. The molecule has 0 aliphatic heterocycles. The van der Waals surface area contributed by atoms with Crippen LogP contribution in [0, 0.1) is 6.92 Å². The monoisotopic (exact) mass is 298 g/mol. The van der Waals surface area contributed by atoms with E-state index in [-0.39, 0.29) is 16.7 Å². The molecule has 6 nitrogen and oxygen atoms in total. The molecule has 2 heterocycles. The lowest BCUT2D eigenvalue weighted by molar-refractivity contribution is 0.103. The van der Waals surface area contributed by atoms with Crippen LogP contribution in [0.2, 0.25) is 0 Å². The minimum absolute atomic E-state index is 0.0140. The third-order valence-corrected chi connectivity index (χ3v) is 3.22. The molecule has 0 spiro atoms. The van der Waals surface area contributed by atoms with Gasteiger partial charge in [0.1, 0.15) is 22.5 Å². The Morgan fingerprint density at radius 3 is 2.45 bits per heavy atom. The second kappa shape index (κ2) is 5.00. The fourth-order valence-electron chi connectivity index (χ4n) is 2.21. The molecular formula is C16H10O6. The van der Waals surface area contributed by atoms with Gasteiger partial charge < -0.3 is 13.9 Å². The van der Waals surface area contributed by atoms with Gasteiger partial charge in [-0.1, -0.05) is 30.3 Å². The number of carbonyl (C=O) groups is 1. The van der Waals surface area contributed by atoms with Gasteiger partial charge in [-0.15, -0.1) is 0 Å². The minimum Gasteiger partial charge on any atom is -0.507 e. The van der Waals surface area contributed by atoms with E-state index in [1.165, 1.54) is 6.92 Å². The summed E-state index contributed by atoms with van der Waals surface area (Å²) in [6.07, 6.45) is 0. The van der Waals surface area contributed by atoms with E-state index >= 15 is 0 Å². The number of hydrogen-bond donors (Lipinski definition) is 1. The maximum absolute atomic E-state index is 12.5. The van der Waals surface area contributed by atoms with Crippen molar-refractivity contribution >= 4 is 16.9 Å². The van der Waals surface area contributed by atoms with E-state index in [4.69, 9.17) is 8.83 Å². The van der Waals surface area contributed by atoms with Crippen LogP contribution in [0.4, 0.5) is 0 Å². The van der Waals surface area contributed by atoms with Gasteiger partial charge in [0.15, 0.2) is 5.78 Å². The van der Waals surface area contributed by atoms with Gasteiger partial charge in [0.2, 0.25) is 5.43 Å². The summed E-state index contributed by atoms with van der Waals surface area (Å²) in [6, 6.07) is 8.97. The molecule has 3 rings (SSSR count). The number of ketones is 1. The van der Waals surface area contributed by atoms with E-state index in [0.717, 1.165) is 6.07 Å². The molecule has 1 aromatic carbocycles. The fraction of sp³-hybridized carbons (Fsp3) is 0.0625. The Bertz CT molecular complexity index is 995. The third-order valence-electron chi connectivity index (χ3n) is 3.22. The number of carbonyl (C=O) groups excluding carboxylic acids is 1. The van der Waals surface area contributed by atoms with Gasteiger partial charge in [0.05, 0.1) is 6.07 Å². The maximum atomic E-state index is 12.5. The summed E-state index contributed by atoms with van der Waals surface area (Å²) in [6.45, 7) is 1.42. The Morgan fingerprint density at radius 2 is 1.77 bits per heavy atom. The van der Waals surface area contributed by atoms with Crippen molar-refractivity contribution in [3.8, 4) is 5.75 Å². The first-order chi connectivity index (χ1) is 10.5. The largest absolute Gasteiger partial charge is 0.507 e. The molecule has 0 bridgehead atoms. The molecule has 110 valence electrons. The molecule has 2 aromatic heterocycles. The topological polar surface area (TPSA) is 97.7 Å². The Kier molecular flexibility index (Phi) is 3.14. The molecular weight excluding hydrogens is 288 g/mol. The number of benzene rings is 1. The predicted molar refractivity (Wildman–Crippen MR) is 77.3 cm³/mol. The summed E-state index contributed by atoms with van der Waals surface area (Å²) >= 11 is 0. The van der Waals surface area contributed by atoms with Crippen LogP contribution in [-0.2, 0) is 0 Å². The van der Waals surface area contributed by atoms with Crippen molar-refractivity contribution in [2.75, 3.05) is 0 Å². The van der Waals surface area contributed by atoms with Crippen LogP contribution < -0.4 is 11.1 Å². The van der Waals surface area contributed by atoms with Crippen LogP contribution >= 0.6 is 0 Å². The summed E-state index contributed by atoms with van der Waals surface area (Å²) in [5.74, 6) is -1.50. The second-order valence-electron chi connectivity index (χ2n) is 4.67.